The number of oxazole rings is 1. The molecule has 2 aromatic rings. The number of fused-ring (bicyclic) bond motifs is 1. The molecule has 2 N–H and O–H groups in total. The van der Waals surface area contributed by atoms with Gasteiger partial charge in [0.05, 0.1) is 18.7 Å². The first-order valence-corrected chi connectivity index (χ1v) is 13.1. The van der Waals surface area contributed by atoms with Gasteiger partial charge >= 0.3 is 5.97 Å². The quantitative estimate of drug-likeness (QED) is 0.414. The van der Waals surface area contributed by atoms with Gasteiger partial charge in [-0.25, -0.2) is 4.98 Å². The summed E-state index contributed by atoms with van der Waals surface area (Å²) in [6, 6.07) is 5.19. The second kappa shape index (κ2) is 12.4. The average molecular weight is 516 g/mol. The van der Waals surface area contributed by atoms with Crippen LogP contribution in [0.15, 0.2) is 28.8 Å². The topological polar surface area (TPSA) is 126 Å². The van der Waals surface area contributed by atoms with Crippen LogP contribution in [-0.4, -0.2) is 82.5 Å². The molecule has 0 radical (unpaired) electrons. The number of unbranched alkanes of at least 4 members (excludes halogenated alkanes) is 1. The Labute approximate surface area is 217 Å². The Morgan fingerprint density at radius 1 is 1.19 bits per heavy atom. The highest BCUT2D eigenvalue weighted by Crippen LogP contribution is 2.43. The van der Waals surface area contributed by atoms with Crippen LogP contribution in [-0.2, 0) is 16.0 Å². The first-order valence-electron chi connectivity index (χ1n) is 13.1. The fraction of sp³-hybridized carbons (Fsp3) is 0.593. The molecule has 1 aromatic carbocycles. The standard InChI is InChI=1S/C27H37N3O7/c1-3-4-10-29(11-5-12-31)25(32)16-30-15-20(19-6-8-22-23(13-19)36-17-35-22)26(27(33)34)21(30)7-9-24-28-14-18(2)37-24/h6,8,13-14,20-21,26,31H,3-5,7,9-12,15-17H2,1-2H3,(H,33,34)/t20-,21+,26-/m1/s1. The van der Waals surface area contributed by atoms with Gasteiger partial charge in [0, 0.05) is 44.6 Å². The lowest BCUT2D eigenvalue weighted by molar-refractivity contribution is -0.144. The normalized spacial score (nSPS) is 20.9. The first kappa shape index (κ1) is 26.9. The number of aromatic nitrogens is 1. The number of aryl methyl sites for hydroxylation is 2. The number of likely N-dealkylation sites (tertiary alicyclic amines) is 1. The largest absolute Gasteiger partial charge is 0.481 e. The van der Waals surface area contributed by atoms with Crippen molar-refractivity contribution in [3.8, 4) is 11.5 Å². The minimum atomic E-state index is -0.894. The third-order valence-electron chi connectivity index (χ3n) is 7.24. The number of benzene rings is 1. The van der Waals surface area contributed by atoms with Crippen LogP contribution < -0.4 is 9.47 Å². The van der Waals surface area contributed by atoms with Crippen LogP contribution in [0.3, 0.4) is 0 Å². The molecule has 1 aromatic heterocycles. The molecule has 0 saturated carbocycles. The number of aliphatic carboxylic acids is 1. The smallest absolute Gasteiger partial charge is 0.308 e. The van der Waals surface area contributed by atoms with E-state index in [9.17, 15) is 19.8 Å². The summed E-state index contributed by atoms with van der Waals surface area (Å²) in [6.45, 7) is 5.72. The molecule has 202 valence electrons. The molecule has 3 atom stereocenters. The van der Waals surface area contributed by atoms with E-state index < -0.39 is 11.9 Å². The van der Waals surface area contributed by atoms with Crippen LogP contribution >= 0.6 is 0 Å². The minimum Gasteiger partial charge on any atom is -0.481 e. The van der Waals surface area contributed by atoms with E-state index >= 15 is 0 Å². The summed E-state index contributed by atoms with van der Waals surface area (Å²) < 4.78 is 16.6. The zero-order chi connectivity index (χ0) is 26.4. The highest BCUT2D eigenvalue weighted by atomic mass is 16.7. The molecular formula is C27H37N3O7. The molecule has 4 rings (SSSR count). The molecule has 0 spiro atoms. The van der Waals surface area contributed by atoms with E-state index in [0.717, 1.165) is 18.4 Å². The Kier molecular flexibility index (Phi) is 9.04. The zero-order valence-electron chi connectivity index (χ0n) is 21.6. The van der Waals surface area contributed by atoms with E-state index in [0.29, 0.717) is 62.0 Å². The van der Waals surface area contributed by atoms with Crippen molar-refractivity contribution >= 4 is 11.9 Å². The van der Waals surface area contributed by atoms with Gasteiger partial charge in [-0.2, -0.15) is 0 Å². The molecular weight excluding hydrogens is 478 g/mol. The summed E-state index contributed by atoms with van der Waals surface area (Å²) in [6.07, 6.45) is 4.98. The van der Waals surface area contributed by atoms with Crippen molar-refractivity contribution in [3.63, 3.8) is 0 Å². The number of carboxylic acids is 1. The third kappa shape index (κ3) is 6.42. The highest BCUT2D eigenvalue weighted by Gasteiger charge is 2.47. The Hall–Kier alpha value is -3.11. The predicted octanol–water partition coefficient (Wildman–Crippen LogP) is 2.82. The number of carboxylic acid groups (broad SMARTS) is 1. The average Bonchev–Trinajstić information content (AvgIpc) is 3.60. The third-order valence-corrected chi connectivity index (χ3v) is 7.24. The van der Waals surface area contributed by atoms with Gasteiger partial charge in [0.15, 0.2) is 17.4 Å². The van der Waals surface area contributed by atoms with Crippen LogP contribution in [0, 0.1) is 12.8 Å². The molecule has 1 amide bonds. The van der Waals surface area contributed by atoms with Crippen molar-refractivity contribution < 1.29 is 33.7 Å². The monoisotopic (exact) mass is 515 g/mol. The summed E-state index contributed by atoms with van der Waals surface area (Å²) in [5.74, 6) is 0.542. The predicted molar refractivity (Wildman–Crippen MR) is 135 cm³/mol. The summed E-state index contributed by atoms with van der Waals surface area (Å²) in [4.78, 5) is 34.1. The second-order valence-electron chi connectivity index (χ2n) is 9.79. The number of rotatable bonds is 13. The molecule has 2 aliphatic rings. The van der Waals surface area contributed by atoms with Gasteiger partial charge in [-0.3, -0.25) is 14.5 Å². The molecule has 1 saturated heterocycles. The Morgan fingerprint density at radius 2 is 1.97 bits per heavy atom. The summed E-state index contributed by atoms with van der Waals surface area (Å²) in [5.41, 5.74) is 0.853. The van der Waals surface area contributed by atoms with E-state index in [1.807, 2.05) is 30.0 Å². The number of carbonyl (C=O) groups excluding carboxylic acids is 1. The van der Waals surface area contributed by atoms with Crippen molar-refractivity contribution in [1.82, 2.24) is 14.8 Å². The van der Waals surface area contributed by atoms with Gasteiger partial charge in [0.1, 0.15) is 5.76 Å². The van der Waals surface area contributed by atoms with Crippen molar-refractivity contribution in [2.24, 2.45) is 5.92 Å². The van der Waals surface area contributed by atoms with Gasteiger partial charge in [-0.05, 0) is 43.9 Å². The number of nitrogens with zero attached hydrogens (tertiary/aromatic N) is 3. The van der Waals surface area contributed by atoms with Crippen LogP contribution in [0.2, 0.25) is 0 Å². The Balaban J connectivity index is 1.58. The first-order chi connectivity index (χ1) is 17.9. The number of carbonyl (C=O) groups is 2. The van der Waals surface area contributed by atoms with Crippen LogP contribution in [0.1, 0.15) is 55.7 Å². The lowest BCUT2D eigenvalue weighted by Crippen LogP contribution is -2.45. The SMILES string of the molecule is CCCCN(CCCO)C(=O)CN1C[C@H](c2ccc3c(c2)OCO3)[C@@H](C(=O)O)[C@@H]1CCc1ncc(C)o1. The molecule has 1 fully saturated rings. The lowest BCUT2D eigenvalue weighted by Gasteiger charge is -2.29. The summed E-state index contributed by atoms with van der Waals surface area (Å²) in [5, 5.41) is 19.7. The fourth-order valence-corrected chi connectivity index (χ4v) is 5.37. The van der Waals surface area contributed by atoms with Crippen molar-refractivity contribution in [2.75, 3.05) is 39.6 Å². The maximum absolute atomic E-state index is 13.4. The Morgan fingerprint density at radius 3 is 2.68 bits per heavy atom. The number of aliphatic hydroxyl groups is 1. The highest BCUT2D eigenvalue weighted by molar-refractivity contribution is 5.79. The number of aliphatic hydroxyl groups excluding tert-OH is 1. The van der Waals surface area contributed by atoms with Gasteiger partial charge in [-0.15, -0.1) is 0 Å². The van der Waals surface area contributed by atoms with E-state index in [2.05, 4.69) is 11.9 Å². The van der Waals surface area contributed by atoms with Crippen LogP contribution in [0.5, 0.6) is 11.5 Å². The van der Waals surface area contributed by atoms with Gasteiger partial charge in [0.2, 0.25) is 12.7 Å². The number of amides is 1. The van der Waals surface area contributed by atoms with Crippen LogP contribution in [0.4, 0.5) is 0 Å². The summed E-state index contributed by atoms with van der Waals surface area (Å²) >= 11 is 0. The van der Waals surface area contributed by atoms with Gasteiger partial charge in [-0.1, -0.05) is 19.4 Å². The van der Waals surface area contributed by atoms with Crippen molar-refractivity contribution in [3.05, 3.63) is 41.6 Å². The zero-order valence-corrected chi connectivity index (χ0v) is 21.6. The lowest BCUT2D eigenvalue weighted by atomic mass is 9.83. The van der Waals surface area contributed by atoms with Crippen molar-refractivity contribution in [2.45, 2.75) is 57.9 Å². The van der Waals surface area contributed by atoms with Gasteiger partial charge in [0.25, 0.3) is 0 Å². The summed E-state index contributed by atoms with van der Waals surface area (Å²) in [7, 11) is 0. The molecule has 37 heavy (non-hydrogen) atoms. The maximum atomic E-state index is 13.4. The van der Waals surface area contributed by atoms with E-state index in [1.54, 1.807) is 11.1 Å². The molecule has 0 unspecified atom stereocenters. The van der Waals surface area contributed by atoms with E-state index in [1.165, 1.54) is 0 Å². The molecule has 0 aliphatic carbocycles. The number of hydrogen-bond donors (Lipinski definition) is 2. The number of hydrogen-bond acceptors (Lipinski definition) is 8. The number of ether oxygens (including phenoxy) is 2. The Bertz CT molecular complexity index is 1060. The van der Waals surface area contributed by atoms with E-state index in [-0.39, 0.29) is 37.8 Å². The van der Waals surface area contributed by atoms with Gasteiger partial charge < -0.3 is 29.0 Å². The molecule has 0 bridgehead atoms. The molecule has 3 heterocycles. The minimum absolute atomic E-state index is 0.0189. The van der Waals surface area contributed by atoms with Crippen LogP contribution in [0.25, 0.3) is 0 Å². The molecule has 2 aliphatic heterocycles. The van der Waals surface area contributed by atoms with Crippen molar-refractivity contribution in [1.29, 1.82) is 0 Å². The fourth-order valence-electron chi connectivity index (χ4n) is 5.37. The molecule has 10 heteroatoms. The molecule has 10 nitrogen and oxygen atoms in total. The van der Waals surface area contributed by atoms with E-state index in [4.69, 9.17) is 13.9 Å². The maximum Gasteiger partial charge on any atom is 0.308 e. The second-order valence-corrected chi connectivity index (χ2v) is 9.79.